The summed E-state index contributed by atoms with van der Waals surface area (Å²) in [4.78, 5) is 26.2. The van der Waals surface area contributed by atoms with E-state index in [-0.39, 0.29) is 29.8 Å². The van der Waals surface area contributed by atoms with Gasteiger partial charge in [-0.2, -0.15) is 0 Å². The first-order valence-corrected chi connectivity index (χ1v) is 10.5. The van der Waals surface area contributed by atoms with Crippen LogP contribution in [0.4, 0.5) is 5.69 Å². The molecule has 28 heavy (non-hydrogen) atoms. The molecule has 8 heteroatoms. The summed E-state index contributed by atoms with van der Waals surface area (Å²) in [5.41, 5.74) is 2.05. The molecule has 2 N–H and O–H groups in total. The lowest BCUT2D eigenvalue weighted by atomic mass is 10.1. The van der Waals surface area contributed by atoms with Gasteiger partial charge in [-0.1, -0.05) is 32.0 Å². The van der Waals surface area contributed by atoms with Crippen molar-refractivity contribution in [3.63, 3.8) is 0 Å². The van der Waals surface area contributed by atoms with Gasteiger partial charge in [0.1, 0.15) is 0 Å². The van der Waals surface area contributed by atoms with Gasteiger partial charge in [-0.05, 0) is 42.3 Å². The van der Waals surface area contributed by atoms with E-state index < -0.39 is 10.0 Å². The molecular formula is C20H25N3O4S. The van der Waals surface area contributed by atoms with Gasteiger partial charge in [0.25, 0.3) is 5.91 Å². The highest BCUT2D eigenvalue weighted by atomic mass is 32.2. The molecule has 0 aromatic heterocycles. The fraction of sp³-hybridized carbons (Fsp3) is 0.300. The summed E-state index contributed by atoms with van der Waals surface area (Å²) in [5.74, 6) is -0.672. The standard InChI is InChI=1S/C20H25N3O4S/c1-4-15-8-6-7-9-18(15)22-19(24)14-23(3)20(25)16-10-12-17(13-11-16)28(26,27)21-5-2/h6-13,21H,4-5,14H2,1-3H3,(H,22,24). The van der Waals surface area contributed by atoms with Gasteiger partial charge >= 0.3 is 0 Å². The summed E-state index contributed by atoms with van der Waals surface area (Å²) in [6.45, 7) is 3.85. The van der Waals surface area contributed by atoms with Crippen molar-refractivity contribution in [2.24, 2.45) is 0 Å². The minimum atomic E-state index is -3.57. The molecule has 0 saturated heterocycles. The van der Waals surface area contributed by atoms with Crippen molar-refractivity contribution in [2.75, 3.05) is 25.5 Å². The minimum Gasteiger partial charge on any atom is -0.332 e. The average Bonchev–Trinajstić information content (AvgIpc) is 2.67. The Morgan fingerprint density at radius 1 is 1.00 bits per heavy atom. The third-order valence-electron chi connectivity index (χ3n) is 4.15. The maximum Gasteiger partial charge on any atom is 0.254 e. The lowest BCUT2D eigenvalue weighted by molar-refractivity contribution is -0.116. The second-order valence-electron chi connectivity index (χ2n) is 6.25. The highest BCUT2D eigenvalue weighted by molar-refractivity contribution is 7.89. The molecule has 0 heterocycles. The Bertz CT molecular complexity index is 940. The topological polar surface area (TPSA) is 95.6 Å². The van der Waals surface area contributed by atoms with E-state index in [9.17, 15) is 18.0 Å². The number of likely N-dealkylation sites (N-methyl/N-ethyl adjacent to an activating group) is 1. The Labute approximate surface area is 165 Å². The van der Waals surface area contributed by atoms with Gasteiger partial charge in [0.05, 0.1) is 11.4 Å². The normalized spacial score (nSPS) is 11.1. The van der Waals surface area contributed by atoms with Crippen molar-refractivity contribution in [3.05, 3.63) is 59.7 Å². The summed E-state index contributed by atoms with van der Waals surface area (Å²) in [7, 11) is -2.05. The molecule has 150 valence electrons. The number of sulfonamides is 1. The maximum absolute atomic E-state index is 12.5. The summed E-state index contributed by atoms with van der Waals surface area (Å²) in [6.07, 6.45) is 0.785. The van der Waals surface area contributed by atoms with Crippen LogP contribution in [0.5, 0.6) is 0 Å². The van der Waals surface area contributed by atoms with E-state index in [2.05, 4.69) is 10.0 Å². The first kappa shape index (κ1) is 21.6. The largest absolute Gasteiger partial charge is 0.332 e. The Kier molecular flexibility index (Phi) is 7.31. The second-order valence-corrected chi connectivity index (χ2v) is 8.01. The number of hydrogen-bond acceptors (Lipinski definition) is 4. The SMILES string of the molecule is CCNS(=O)(=O)c1ccc(C(=O)N(C)CC(=O)Nc2ccccc2CC)cc1. The first-order valence-electron chi connectivity index (χ1n) is 9.01. The lowest BCUT2D eigenvalue weighted by Gasteiger charge is -2.18. The van der Waals surface area contributed by atoms with Gasteiger partial charge in [-0.3, -0.25) is 9.59 Å². The lowest BCUT2D eigenvalue weighted by Crippen LogP contribution is -2.35. The van der Waals surface area contributed by atoms with Crippen molar-refractivity contribution >= 4 is 27.5 Å². The molecular weight excluding hydrogens is 378 g/mol. The van der Waals surface area contributed by atoms with E-state index in [1.807, 2.05) is 31.2 Å². The van der Waals surface area contributed by atoms with Crippen LogP contribution in [0.25, 0.3) is 0 Å². The van der Waals surface area contributed by atoms with Gasteiger partial charge < -0.3 is 10.2 Å². The number of hydrogen-bond donors (Lipinski definition) is 2. The Balaban J connectivity index is 2.03. The molecule has 0 aliphatic rings. The van der Waals surface area contributed by atoms with Crippen molar-refractivity contribution in [2.45, 2.75) is 25.2 Å². The molecule has 7 nitrogen and oxygen atoms in total. The zero-order valence-corrected chi connectivity index (χ0v) is 17.0. The molecule has 0 saturated carbocycles. The fourth-order valence-electron chi connectivity index (χ4n) is 2.70. The highest BCUT2D eigenvalue weighted by Gasteiger charge is 2.18. The van der Waals surface area contributed by atoms with Gasteiger partial charge in [0, 0.05) is 24.8 Å². The number of amides is 2. The van der Waals surface area contributed by atoms with Crippen LogP contribution in [-0.4, -0.2) is 45.3 Å². The van der Waals surface area contributed by atoms with Gasteiger partial charge in [-0.25, -0.2) is 13.1 Å². The number of para-hydroxylation sites is 1. The van der Waals surface area contributed by atoms with Gasteiger partial charge in [0.2, 0.25) is 15.9 Å². The van der Waals surface area contributed by atoms with Crippen LogP contribution in [-0.2, 0) is 21.2 Å². The zero-order valence-electron chi connectivity index (χ0n) is 16.2. The molecule has 0 unspecified atom stereocenters. The summed E-state index contributed by atoms with van der Waals surface area (Å²) in [6, 6.07) is 13.1. The first-order chi connectivity index (χ1) is 13.3. The van der Waals surface area contributed by atoms with Crippen LogP contribution in [0.15, 0.2) is 53.4 Å². The summed E-state index contributed by atoms with van der Waals surface area (Å²) < 4.78 is 26.3. The monoisotopic (exact) mass is 403 g/mol. The van der Waals surface area contributed by atoms with E-state index in [1.165, 1.54) is 36.2 Å². The fourth-order valence-corrected chi connectivity index (χ4v) is 3.74. The minimum absolute atomic E-state index is 0.0856. The number of nitrogens with zero attached hydrogens (tertiary/aromatic N) is 1. The number of anilines is 1. The molecule has 2 amide bonds. The van der Waals surface area contributed by atoms with Crippen LogP contribution >= 0.6 is 0 Å². The summed E-state index contributed by atoms with van der Waals surface area (Å²) >= 11 is 0. The number of aryl methyl sites for hydroxylation is 1. The van der Waals surface area contributed by atoms with Crippen LogP contribution in [0.1, 0.15) is 29.8 Å². The summed E-state index contributed by atoms with van der Waals surface area (Å²) in [5, 5.41) is 2.82. The molecule has 2 aromatic carbocycles. The quantitative estimate of drug-likeness (QED) is 0.707. The second kappa shape index (κ2) is 9.48. The van der Waals surface area contributed by atoms with Gasteiger partial charge in [-0.15, -0.1) is 0 Å². The van der Waals surface area contributed by atoms with Crippen molar-refractivity contribution in [1.82, 2.24) is 9.62 Å². The Morgan fingerprint density at radius 3 is 2.25 bits per heavy atom. The van der Waals surface area contributed by atoms with Gasteiger partial charge in [0.15, 0.2) is 0 Å². The Morgan fingerprint density at radius 2 is 1.64 bits per heavy atom. The number of carbonyl (C=O) groups is 2. The van der Waals surface area contributed by atoms with Crippen molar-refractivity contribution in [1.29, 1.82) is 0 Å². The third kappa shape index (κ3) is 5.40. The van der Waals surface area contributed by atoms with Crippen LogP contribution in [0.3, 0.4) is 0 Å². The molecule has 0 fully saturated rings. The predicted octanol–water partition coefficient (Wildman–Crippen LogP) is 2.26. The number of nitrogens with one attached hydrogen (secondary N) is 2. The Hall–Kier alpha value is -2.71. The predicted molar refractivity (Wildman–Crippen MR) is 109 cm³/mol. The van der Waals surface area contributed by atoms with Crippen molar-refractivity contribution in [3.8, 4) is 0 Å². The molecule has 2 rings (SSSR count). The highest BCUT2D eigenvalue weighted by Crippen LogP contribution is 2.16. The third-order valence-corrected chi connectivity index (χ3v) is 5.71. The van der Waals surface area contributed by atoms with Crippen molar-refractivity contribution < 1.29 is 18.0 Å². The molecule has 0 bridgehead atoms. The van der Waals surface area contributed by atoms with E-state index in [0.717, 1.165) is 17.7 Å². The number of rotatable bonds is 8. The molecule has 0 aliphatic carbocycles. The van der Waals surface area contributed by atoms with Crippen LogP contribution in [0.2, 0.25) is 0 Å². The molecule has 2 aromatic rings. The molecule has 0 spiro atoms. The smallest absolute Gasteiger partial charge is 0.254 e. The van der Waals surface area contributed by atoms with E-state index in [4.69, 9.17) is 0 Å². The van der Waals surface area contributed by atoms with Crippen LogP contribution in [0, 0.1) is 0 Å². The molecule has 0 atom stereocenters. The number of carbonyl (C=O) groups excluding carboxylic acids is 2. The molecule has 0 radical (unpaired) electrons. The average molecular weight is 404 g/mol. The van der Waals surface area contributed by atoms with Crippen LogP contribution < -0.4 is 10.0 Å². The number of benzene rings is 2. The maximum atomic E-state index is 12.5. The zero-order chi connectivity index (χ0) is 20.7. The molecule has 0 aliphatic heterocycles. The van der Waals surface area contributed by atoms with E-state index >= 15 is 0 Å². The van der Waals surface area contributed by atoms with E-state index in [0.29, 0.717) is 5.56 Å². The van der Waals surface area contributed by atoms with E-state index in [1.54, 1.807) is 6.92 Å².